The fourth-order valence-electron chi connectivity index (χ4n) is 3.40. The van der Waals surface area contributed by atoms with E-state index in [1.807, 2.05) is 7.05 Å². The van der Waals surface area contributed by atoms with Crippen molar-refractivity contribution in [3.63, 3.8) is 0 Å². The van der Waals surface area contributed by atoms with E-state index in [-0.39, 0.29) is 0 Å². The topological polar surface area (TPSA) is 61.6 Å². The molecule has 0 aliphatic carbocycles. The smallest absolute Gasteiger partial charge is 0.339 e. The summed E-state index contributed by atoms with van der Waals surface area (Å²) in [4.78, 5) is 16.1. The molecule has 1 unspecified atom stereocenters. The highest BCUT2D eigenvalue weighted by Crippen LogP contribution is 2.22. The molecule has 110 valence electrons. The van der Waals surface area contributed by atoms with Crippen LogP contribution in [-0.4, -0.2) is 62.9 Å². The Morgan fingerprint density at radius 2 is 2.15 bits per heavy atom. The number of carboxylic acid groups (broad SMARTS) is 1. The molecule has 1 atom stereocenters. The first kappa shape index (κ1) is 13.6. The fourth-order valence-corrected chi connectivity index (χ4v) is 3.40. The van der Waals surface area contributed by atoms with Gasteiger partial charge in [-0.2, -0.15) is 5.10 Å². The maximum absolute atomic E-state index is 11.2. The van der Waals surface area contributed by atoms with Crippen LogP contribution in [0.3, 0.4) is 0 Å². The Labute approximate surface area is 119 Å². The van der Waals surface area contributed by atoms with Crippen LogP contribution in [0.4, 0.5) is 0 Å². The molecule has 0 aromatic carbocycles. The monoisotopic (exact) mass is 278 g/mol. The third-order valence-corrected chi connectivity index (χ3v) is 4.57. The molecule has 0 amide bonds. The summed E-state index contributed by atoms with van der Waals surface area (Å²) in [6.45, 7) is 5.23. The van der Waals surface area contributed by atoms with Crippen LogP contribution >= 0.6 is 0 Å². The number of nitrogens with zero attached hydrogens (tertiary/aromatic N) is 4. The van der Waals surface area contributed by atoms with Crippen molar-refractivity contribution in [3.8, 4) is 0 Å². The van der Waals surface area contributed by atoms with Crippen LogP contribution in [0, 0.1) is 0 Å². The van der Waals surface area contributed by atoms with Gasteiger partial charge >= 0.3 is 5.97 Å². The van der Waals surface area contributed by atoms with E-state index in [1.54, 1.807) is 4.68 Å². The van der Waals surface area contributed by atoms with Gasteiger partial charge < -0.3 is 5.11 Å². The largest absolute Gasteiger partial charge is 0.478 e. The van der Waals surface area contributed by atoms with Crippen molar-refractivity contribution in [1.29, 1.82) is 0 Å². The first-order chi connectivity index (χ1) is 9.65. The number of rotatable bonds is 4. The Hall–Kier alpha value is -1.40. The molecule has 20 heavy (non-hydrogen) atoms. The molecule has 3 rings (SSSR count). The summed E-state index contributed by atoms with van der Waals surface area (Å²) in [6, 6.07) is 0.652. The Bertz CT molecular complexity index is 493. The van der Waals surface area contributed by atoms with Gasteiger partial charge in [0.15, 0.2) is 0 Å². The lowest BCUT2D eigenvalue weighted by Crippen LogP contribution is -2.35. The third-order valence-electron chi connectivity index (χ3n) is 4.57. The molecular weight excluding hydrogens is 256 g/mol. The summed E-state index contributed by atoms with van der Waals surface area (Å²) in [5, 5.41) is 13.3. The molecule has 3 heterocycles. The molecule has 0 bridgehead atoms. The maximum atomic E-state index is 11.2. The second-order valence-electron chi connectivity index (χ2n) is 5.85. The van der Waals surface area contributed by atoms with Crippen molar-refractivity contribution >= 4 is 5.97 Å². The highest BCUT2D eigenvalue weighted by molar-refractivity contribution is 5.88. The van der Waals surface area contributed by atoms with E-state index in [9.17, 15) is 9.90 Å². The predicted molar refractivity (Wildman–Crippen MR) is 74.7 cm³/mol. The fraction of sp³-hybridized carbons (Fsp3) is 0.714. The van der Waals surface area contributed by atoms with E-state index < -0.39 is 5.97 Å². The Kier molecular flexibility index (Phi) is 3.76. The van der Waals surface area contributed by atoms with E-state index in [0.29, 0.717) is 18.2 Å². The lowest BCUT2D eigenvalue weighted by atomic mass is 10.2. The van der Waals surface area contributed by atoms with E-state index in [0.717, 1.165) is 18.8 Å². The Morgan fingerprint density at radius 3 is 2.85 bits per heavy atom. The average Bonchev–Trinajstić information content (AvgIpc) is 3.12. The minimum Gasteiger partial charge on any atom is -0.478 e. The first-order valence-corrected chi connectivity index (χ1v) is 7.35. The lowest BCUT2D eigenvalue weighted by molar-refractivity contribution is 0.0694. The molecule has 0 radical (unpaired) electrons. The van der Waals surface area contributed by atoms with Crippen molar-refractivity contribution in [2.75, 3.05) is 26.2 Å². The zero-order chi connectivity index (χ0) is 14.1. The summed E-state index contributed by atoms with van der Waals surface area (Å²) in [5.41, 5.74) is 1.14. The lowest BCUT2D eigenvalue weighted by Gasteiger charge is -2.23. The quantitative estimate of drug-likeness (QED) is 0.882. The molecule has 0 spiro atoms. The van der Waals surface area contributed by atoms with Gasteiger partial charge in [0.2, 0.25) is 0 Å². The molecule has 2 saturated heterocycles. The van der Waals surface area contributed by atoms with E-state index in [2.05, 4.69) is 14.9 Å². The average molecular weight is 278 g/mol. The highest BCUT2D eigenvalue weighted by Gasteiger charge is 2.30. The molecule has 1 N–H and O–H groups in total. The van der Waals surface area contributed by atoms with Crippen LogP contribution in [0.2, 0.25) is 0 Å². The molecule has 2 fully saturated rings. The standard InChI is InChI=1S/C14H22N4O2/c1-16-13(12(8-15-16)14(19)20)10-17-7-4-11(9-17)18-5-2-3-6-18/h8,11H,2-7,9-10H2,1H3,(H,19,20). The SMILES string of the molecule is Cn1ncc(C(=O)O)c1CN1CCC(N2CCCC2)C1. The number of aryl methyl sites for hydroxylation is 1. The van der Waals surface area contributed by atoms with E-state index >= 15 is 0 Å². The van der Waals surface area contributed by atoms with Gasteiger partial charge in [0, 0.05) is 32.7 Å². The van der Waals surface area contributed by atoms with Crippen LogP contribution in [0.5, 0.6) is 0 Å². The highest BCUT2D eigenvalue weighted by atomic mass is 16.4. The molecule has 1 aromatic heterocycles. The third kappa shape index (κ3) is 2.58. The number of likely N-dealkylation sites (tertiary alicyclic amines) is 2. The number of aromatic nitrogens is 2. The summed E-state index contributed by atoms with van der Waals surface area (Å²) in [5.74, 6) is -0.886. The van der Waals surface area contributed by atoms with Gasteiger partial charge in [-0.15, -0.1) is 0 Å². The maximum Gasteiger partial charge on any atom is 0.339 e. The van der Waals surface area contributed by atoms with Gasteiger partial charge in [-0.1, -0.05) is 0 Å². The normalized spacial score (nSPS) is 24.6. The summed E-state index contributed by atoms with van der Waals surface area (Å²) < 4.78 is 1.69. The van der Waals surface area contributed by atoms with Gasteiger partial charge in [0.25, 0.3) is 0 Å². The van der Waals surface area contributed by atoms with E-state index in [4.69, 9.17) is 0 Å². The summed E-state index contributed by atoms with van der Waals surface area (Å²) in [7, 11) is 1.82. The number of carboxylic acids is 1. The second-order valence-corrected chi connectivity index (χ2v) is 5.85. The van der Waals surface area contributed by atoms with Crippen LogP contribution in [0.1, 0.15) is 35.3 Å². The predicted octanol–water partition coefficient (Wildman–Crippen LogP) is 0.788. The van der Waals surface area contributed by atoms with Crippen molar-refractivity contribution in [1.82, 2.24) is 19.6 Å². The summed E-state index contributed by atoms with van der Waals surface area (Å²) >= 11 is 0. The minimum absolute atomic E-state index is 0.331. The molecule has 2 aliphatic heterocycles. The van der Waals surface area contributed by atoms with E-state index in [1.165, 1.54) is 38.5 Å². The molecule has 2 aliphatic rings. The van der Waals surface area contributed by atoms with Crippen molar-refractivity contribution < 1.29 is 9.90 Å². The van der Waals surface area contributed by atoms with Gasteiger partial charge in [-0.05, 0) is 32.4 Å². The number of hydrogen-bond acceptors (Lipinski definition) is 4. The Balaban J connectivity index is 1.64. The summed E-state index contributed by atoms with van der Waals surface area (Å²) in [6.07, 6.45) is 5.29. The van der Waals surface area contributed by atoms with Crippen molar-refractivity contribution in [2.24, 2.45) is 7.05 Å². The molecular formula is C14H22N4O2. The Morgan fingerprint density at radius 1 is 1.40 bits per heavy atom. The first-order valence-electron chi connectivity index (χ1n) is 7.35. The van der Waals surface area contributed by atoms with Crippen LogP contribution in [0.25, 0.3) is 0 Å². The van der Waals surface area contributed by atoms with Crippen LogP contribution in [0.15, 0.2) is 6.20 Å². The van der Waals surface area contributed by atoms with Gasteiger partial charge in [0.1, 0.15) is 5.56 Å². The minimum atomic E-state index is -0.886. The second kappa shape index (κ2) is 5.54. The van der Waals surface area contributed by atoms with Crippen LogP contribution < -0.4 is 0 Å². The van der Waals surface area contributed by atoms with Gasteiger partial charge in [-0.25, -0.2) is 4.79 Å². The van der Waals surface area contributed by atoms with Crippen LogP contribution in [-0.2, 0) is 13.6 Å². The molecule has 1 aromatic rings. The zero-order valence-corrected chi connectivity index (χ0v) is 12.0. The van der Waals surface area contributed by atoms with Crippen molar-refractivity contribution in [2.45, 2.75) is 31.8 Å². The molecule has 6 nitrogen and oxygen atoms in total. The zero-order valence-electron chi connectivity index (χ0n) is 12.0. The van der Waals surface area contributed by atoms with Gasteiger partial charge in [-0.3, -0.25) is 14.5 Å². The number of carbonyl (C=O) groups is 1. The molecule has 0 saturated carbocycles. The number of aromatic carboxylic acids is 1. The van der Waals surface area contributed by atoms with Crippen molar-refractivity contribution in [3.05, 3.63) is 17.5 Å². The number of hydrogen-bond donors (Lipinski definition) is 1. The van der Waals surface area contributed by atoms with Gasteiger partial charge in [0.05, 0.1) is 11.9 Å². The molecule has 6 heteroatoms.